The molecule has 0 heterocycles. The van der Waals surface area contributed by atoms with Crippen molar-refractivity contribution in [3.63, 3.8) is 0 Å². The van der Waals surface area contributed by atoms with Crippen molar-refractivity contribution in [2.45, 2.75) is 19.4 Å². The fourth-order valence-electron chi connectivity index (χ4n) is 1.51. The van der Waals surface area contributed by atoms with E-state index in [-0.39, 0.29) is 12.2 Å². The molecule has 0 fully saturated rings. The Morgan fingerprint density at radius 3 is 2.50 bits per heavy atom. The molecule has 20 heavy (non-hydrogen) atoms. The number of hydrogen-bond donors (Lipinski definition) is 3. The Morgan fingerprint density at radius 2 is 2.00 bits per heavy atom. The molecule has 1 unspecified atom stereocenters. The number of carboxylic acid groups (broad SMARTS) is 1. The Morgan fingerprint density at radius 1 is 1.40 bits per heavy atom. The molecule has 0 bridgehead atoms. The molecule has 0 aliphatic rings. The lowest BCUT2D eigenvalue weighted by Gasteiger charge is -2.24. The predicted molar refractivity (Wildman–Crippen MR) is 71.1 cm³/mol. The molecular formula is C13H17FN2O4. The summed E-state index contributed by atoms with van der Waals surface area (Å²) in [4.78, 5) is 23.8. The number of nitrogens with zero attached hydrogens (tertiary/aromatic N) is 1. The number of aliphatic carboxylic acids is 1. The fraction of sp³-hybridized carbons (Fsp3) is 0.385. The van der Waals surface area contributed by atoms with E-state index in [9.17, 15) is 19.1 Å². The molecule has 0 aromatic heterocycles. The third kappa shape index (κ3) is 3.67. The minimum atomic E-state index is -2.08. The summed E-state index contributed by atoms with van der Waals surface area (Å²) in [5.74, 6) is -2.01. The number of nitrogens with one attached hydrogen (secondary N) is 1. The Kier molecular flexibility index (Phi) is 5.04. The van der Waals surface area contributed by atoms with Gasteiger partial charge in [0.2, 0.25) is 0 Å². The van der Waals surface area contributed by atoms with Crippen LogP contribution in [0.4, 0.5) is 14.9 Å². The van der Waals surface area contributed by atoms with Crippen molar-refractivity contribution in [3.8, 4) is 0 Å². The number of halogens is 1. The van der Waals surface area contributed by atoms with Gasteiger partial charge >= 0.3 is 12.0 Å². The highest BCUT2D eigenvalue weighted by molar-refractivity contribution is 5.92. The van der Waals surface area contributed by atoms with Gasteiger partial charge in [-0.15, -0.1) is 0 Å². The first kappa shape index (κ1) is 15.9. The molecule has 110 valence electrons. The van der Waals surface area contributed by atoms with Gasteiger partial charge in [-0.3, -0.25) is 4.90 Å². The summed E-state index contributed by atoms with van der Waals surface area (Å²) in [6, 6.07) is 5.06. The van der Waals surface area contributed by atoms with Crippen molar-refractivity contribution in [2.75, 3.05) is 18.0 Å². The lowest BCUT2D eigenvalue weighted by Crippen LogP contribution is -2.50. The number of amides is 2. The van der Waals surface area contributed by atoms with Crippen LogP contribution in [-0.2, 0) is 4.79 Å². The summed E-state index contributed by atoms with van der Waals surface area (Å²) in [5.41, 5.74) is -1.99. The van der Waals surface area contributed by atoms with E-state index in [1.165, 1.54) is 18.2 Å². The molecule has 2 amide bonds. The lowest BCUT2D eigenvalue weighted by molar-refractivity contribution is -0.155. The Labute approximate surface area is 115 Å². The van der Waals surface area contributed by atoms with Crippen molar-refractivity contribution >= 4 is 17.7 Å². The van der Waals surface area contributed by atoms with Gasteiger partial charge in [-0.05, 0) is 26.0 Å². The number of carbonyl (C=O) groups excluding carboxylic acids is 1. The third-order valence-corrected chi connectivity index (χ3v) is 2.75. The molecule has 1 aromatic carbocycles. The number of anilines is 1. The highest BCUT2D eigenvalue weighted by atomic mass is 19.1. The second-order valence-electron chi connectivity index (χ2n) is 4.43. The van der Waals surface area contributed by atoms with Crippen LogP contribution in [0.5, 0.6) is 0 Å². The van der Waals surface area contributed by atoms with Crippen LogP contribution in [0.2, 0.25) is 0 Å². The van der Waals surface area contributed by atoms with Gasteiger partial charge in [-0.2, -0.15) is 0 Å². The zero-order chi connectivity index (χ0) is 15.3. The third-order valence-electron chi connectivity index (χ3n) is 2.75. The molecule has 0 aliphatic carbocycles. The van der Waals surface area contributed by atoms with Crippen LogP contribution in [0.1, 0.15) is 13.8 Å². The summed E-state index contributed by atoms with van der Waals surface area (Å²) < 4.78 is 13.6. The van der Waals surface area contributed by atoms with Crippen molar-refractivity contribution in [1.82, 2.24) is 5.32 Å². The lowest BCUT2D eigenvalue weighted by atomic mass is 10.1. The minimum absolute atomic E-state index is 0.0856. The molecule has 1 atom stereocenters. The smallest absolute Gasteiger partial charge is 0.337 e. The zero-order valence-electron chi connectivity index (χ0n) is 11.3. The van der Waals surface area contributed by atoms with Gasteiger partial charge in [0.25, 0.3) is 0 Å². The van der Waals surface area contributed by atoms with Crippen LogP contribution >= 0.6 is 0 Å². The molecule has 0 aliphatic heterocycles. The topological polar surface area (TPSA) is 89.9 Å². The van der Waals surface area contributed by atoms with Gasteiger partial charge in [-0.1, -0.05) is 12.1 Å². The van der Waals surface area contributed by atoms with E-state index in [0.717, 1.165) is 11.8 Å². The fourth-order valence-corrected chi connectivity index (χ4v) is 1.51. The second kappa shape index (κ2) is 6.33. The highest BCUT2D eigenvalue weighted by Gasteiger charge is 2.31. The zero-order valence-corrected chi connectivity index (χ0v) is 11.3. The molecule has 0 radical (unpaired) electrons. The normalized spacial score (nSPS) is 13.4. The van der Waals surface area contributed by atoms with E-state index >= 15 is 0 Å². The number of benzene rings is 1. The molecule has 3 N–H and O–H groups in total. The van der Waals surface area contributed by atoms with Gasteiger partial charge in [0.1, 0.15) is 5.82 Å². The van der Waals surface area contributed by atoms with Crippen LogP contribution in [0.25, 0.3) is 0 Å². The number of aliphatic hydroxyl groups is 1. The van der Waals surface area contributed by atoms with E-state index in [4.69, 9.17) is 5.11 Å². The van der Waals surface area contributed by atoms with Gasteiger partial charge in [0, 0.05) is 6.54 Å². The number of para-hydroxylation sites is 1. The van der Waals surface area contributed by atoms with E-state index in [1.54, 1.807) is 13.0 Å². The number of rotatable bonds is 5. The summed E-state index contributed by atoms with van der Waals surface area (Å²) in [5, 5.41) is 20.5. The van der Waals surface area contributed by atoms with Crippen molar-refractivity contribution in [1.29, 1.82) is 0 Å². The average Bonchev–Trinajstić information content (AvgIpc) is 2.39. The van der Waals surface area contributed by atoms with Crippen molar-refractivity contribution in [3.05, 3.63) is 30.1 Å². The number of hydrogen-bond acceptors (Lipinski definition) is 3. The van der Waals surface area contributed by atoms with Crippen LogP contribution in [0.15, 0.2) is 24.3 Å². The van der Waals surface area contributed by atoms with Gasteiger partial charge < -0.3 is 15.5 Å². The number of carboxylic acids is 1. The maximum absolute atomic E-state index is 13.6. The molecular weight excluding hydrogens is 267 g/mol. The number of carbonyl (C=O) groups is 2. The summed E-state index contributed by atoms with van der Waals surface area (Å²) >= 11 is 0. The van der Waals surface area contributed by atoms with E-state index in [2.05, 4.69) is 5.32 Å². The quantitative estimate of drug-likeness (QED) is 0.757. The molecule has 0 saturated carbocycles. The average molecular weight is 284 g/mol. The minimum Gasteiger partial charge on any atom is -0.479 e. The van der Waals surface area contributed by atoms with Crippen molar-refractivity contribution < 1.29 is 24.2 Å². The van der Waals surface area contributed by atoms with Crippen LogP contribution in [0, 0.1) is 5.82 Å². The molecule has 0 spiro atoms. The van der Waals surface area contributed by atoms with E-state index < -0.39 is 30.0 Å². The summed E-state index contributed by atoms with van der Waals surface area (Å²) in [6.45, 7) is 2.43. The van der Waals surface area contributed by atoms with Crippen LogP contribution < -0.4 is 10.2 Å². The highest BCUT2D eigenvalue weighted by Crippen LogP contribution is 2.18. The molecule has 6 nitrogen and oxygen atoms in total. The largest absolute Gasteiger partial charge is 0.479 e. The summed E-state index contributed by atoms with van der Waals surface area (Å²) in [7, 11) is 0. The predicted octanol–water partition coefficient (Wildman–Crippen LogP) is 1.20. The van der Waals surface area contributed by atoms with Crippen LogP contribution in [0.3, 0.4) is 0 Å². The maximum Gasteiger partial charge on any atom is 0.337 e. The first-order valence-corrected chi connectivity index (χ1v) is 6.05. The van der Waals surface area contributed by atoms with E-state index in [0.29, 0.717) is 0 Å². The molecule has 7 heteroatoms. The Bertz CT molecular complexity index is 505. The van der Waals surface area contributed by atoms with Crippen LogP contribution in [-0.4, -0.2) is 40.9 Å². The SMILES string of the molecule is CCN(C(=O)NCC(C)(O)C(=O)O)c1ccccc1F. The monoisotopic (exact) mass is 284 g/mol. The second-order valence-corrected chi connectivity index (χ2v) is 4.43. The Hall–Kier alpha value is -2.15. The standard InChI is InChI=1S/C13H17FN2O4/c1-3-16(10-7-5-4-6-9(10)14)12(19)15-8-13(2,20)11(17)18/h4-7,20H,3,8H2,1-2H3,(H,15,19)(H,17,18). The Balaban J connectivity index is 2.79. The van der Waals surface area contributed by atoms with Crippen molar-refractivity contribution in [2.24, 2.45) is 0 Å². The molecule has 1 rings (SSSR count). The first-order chi connectivity index (χ1) is 9.29. The van der Waals surface area contributed by atoms with Gasteiger partial charge in [-0.25, -0.2) is 14.0 Å². The maximum atomic E-state index is 13.6. The summed E-state index contributed by atoms with van der Waals surface area (Å²) in [6.07, 6.45) is 0. The number of urea groups is 1. The first-order valence-electron chi connectivity index (χ1n) is 6.05. The molecule has 0 saturated heterocycles. The van der Waals surface area contributed by atoms with E-state index in [1.807, 2.05) is 0 Å². The van der Waals surface area contributed by atoms with Gasteiger partial charge in [0.05, 0.1) is 12.2 Å². The molecule has 1 aromatic rings. The van der Waals surface area contributed by atoms with Gasteiger partial charge in [0.15, 0.2) is 5.60 Å².